The molecule has 6 nitrogen and oxygen atoms in total. The summed E-state index contributed by atoms with van der Waals surface area (Å²) in [6.45, 7) is 3.29. The van der Waals surface area contributed by atoms with Crippen molar-refractivity contribution in [2.45, 2.75) is 13.1 Å². The molecule has 3 aromatic carbocycles. The average molecular weight is 418 g/mol. The SMILES string of the molecule is COc1ccc(N2CCN(c3ccc(OC)cc3)C2c2ccc(NC(C)=O)cc2)cc1. The molecule has 160 valence electrons. The van der Waals surface area contributed by atoms with E-state index in [-0.39, 0.29) is 12.1 Å². The molecule has 1 aliphatic rings. The lowest BCUT2D eigenvalue weighted by Gasteiger charge is -2.33. The Hall–Kier alpha value is -3.67. The number of carbonyl (C=O) groups is 1. The molecule has 0 aromatic heterocycles. The highest BCUT2D eigenvalue weighted by molar-refractivity contribution is 5.88. The first-order chi connectivity index (χ1) is 15.1. The van der Waals surface area contributed by atoms with Crippen LogP contribution in [-0.2, 0) is 4.79 Å². The van der Waals surface area contributed by atoms with Crippen LogP contribution in [0.4, 0.5) is 17.1 Å². The number of benzene rings is 3. The highest BCUT2D eigenvalue weighted by Gasteiger charge is 2.33. The molecule has 0 saturated carbocycles. The zero-order chi connectivity index (χ0) is 21.8. The Morgan fingerprint density at radius 3 is 1.61 bits per heavy atom. The van der Waals surface area contributed by atoms with E-state index < -0.39 is 0 Å². The average Bonchev–Trinajstić information content (AvgIpc) is 3.24. The third kappa shape index (κ3) is 4.43. The molecule has 1 aliphatic heterocycles. The van der Waals surface area contributed by atoms with Crippen molar-refractivity contribution in [1.29, 1.82) is 0 Å². The van der Waals surface area contributed by atoms with E-state index >= 15 is 0 Å². The summed E-state index contributed by atoms with van der Waals surface area (Å²) < 4.78 is 10.7. The van der Waals surface area contributed by atoms with Crippen molar-refractivity contribution in [3.05, 3.63) is 78.4 Å². The Balaban J connectivity index is 1.69. The number of anilines is 3. The number of hydrogen-bond donors (Lipinski definition) is 1. The van der Waals surface area contributed by atoms with Gasteiger partial charge in [0.05, 0.1) is 14.2 Å². The number of nitrogens with zero attached hydrogens (tertiary/aromatic N) is 2. The van der Waals surface area contributed by atoms with Crippen molar-refractivity contribution >= 4 is 23.0 Å². The van der Waals surface area contributed by atoms with Gasteiger partial charge in [-0.25, -0.2) is 0 Å². The standard InChI is InChI=1S/C25H27N3O3/c1-18(29)26-20-6-4-19(5-7-20)25-27(21-8-12-23(30-2)13-9-21)16-17-28(25)22-10-14-24(31-3)15-11-22/h4-15,25H,16-17H2,1-3H3,(H,26,29). The maximum atomic E-state index is 11.4. The van der Waals surface area contributed by atoms with Crippen LogP contribution in [0.3, 0.4) is 0 Å². The summed E-state index contributed by atoms with van der Waals surface area (Å²) in [7, 11) is 3.35. The molecule has 31 heavy (non-hydrogen) atoms. The molecular formula is C25H27N3O3. The fourth-order valence-electron chi connectivity index (χ4n) is 4.02. The monoisotopic (exact) mass is 417 g/mol. The lowest BCUT2D eigenvalue weighted by atomic mass is 10.1. The third-order valence-electron chi connectivity index (χ3n) is 5.51. The van der Waals surface area contributed by atoms with E-state index in [0.29, 0.717) is 0 Å². The van der Waals surface area contributed by atoms with Gasteiger partial charge in [-0.3, -0.25) is 4.79 Å². The van der Waals surface area contributed by atoms with Crippen LogP contribution >= 0.6 is 0 Å². The smallest absolute Gasteiger partial charge is 0.221 e. The number of rotatable bonds is 6. The Morgan fingerprint density at radius 1 is 0.774 bits per heavy atom. The molecule has 4 rings (SSSR count). The molecule has 1 N–H and O–H groups in total. The van der Waals surface area contributed by atoms with Crippen molar-refractivity contribution in [1.82, 2.24) is 0 Å². The predicted octanol–water partition coefficient (Wildman–Crippen LogP) is 4.69. The van der Waals surface area contributed by atoms with Crippen LogP contribution < -0.4 is 24.6 Å². The lowest BCUT2D eigenvalue weighted by Crippen LogP contribution is -2.30. The van der Waals surface area contributed by atoms with Crippen LogP contribution in [0.15, 0.2) is 72.8 Å². The Kier molecular flexibility index (Phi) is 5.98. The molecule has 6 heteroatoms. The van der Waals surface area contributed by atoms with Crippen LogP contribution in [0.25, 0.3) is 0 Å². The van der Waals surface area contributed by atoms with Crippen molar-refractivity contribution in [3.63, 3.8) is 0 Å². The van der Waals surface area contributed by atoms with Crippen LogP contribution in [-0.4, -0.2) is 33.2 Å². The second kappa shape index (κ2) is 9.00. The number of nitrogens with one attached hydrogen (secondary N) is 1. The van der Waals surface area contributed by atoms with E-state index in [1.54, 1.807) is 14.2 Å². The van der Waals surface area contributed by atoms with Gasteiger partial charge in [-0.05, 0) is 66.2 Å². The van der Waals surface area contributed by atoms with Gasteiger partial charge in [-0.15, -0.1) is 0 Å². The number of amides is 1. The van der Waals surface area contributed by atoms with Crippen molar-refractivity contribution in [2.75, 3.05) is 42.4 Å². The largest absolute Gasteiger partial charge is 0.497 e. The zero-order valence-corrected chi connectivity index (χ0v) is 18.0. The number of hydrogen-bond acceptors (Lipinski definition) is 5. The first kappa shape index (κ1) is 20.6. The van der Waals surface area contributed by atoms with Crippen LogP contribution in [0.2, 0.25) is 0 Å². The predicted molar refractivity (Wildman–Crippen MR) is 124 cm³/mol. The van der Waals surface area contributed by atoms with E-state index in [1.807, 2.05) is 36.4 Å². The molecule has 1 heterocycles. The van der Waals surface area contributed by atoms with Gasteiger partial charge in [0, 0.05) is 37.1 Å². The molecule has 0 unspecified atom stereocenters. The van der Waals surface area contributed by atoms with E-state index in [2.05, 4.69) is 51.5 Å². The van der Waals surface area contributed by atoms with Gasteiger partial charge in [-0.1, -0.05) is 12.1 Å². The summed E-state index contributed by atoms with van der Waals surface area (Å²) in [5.74, 6) is 1.60. The van der Waals surface area contributed by atoms with E-state index in [4.69, 9.17) is 9.47 Å². The summed E-state index contributed by atoms with van der Waals surface area (Å²) >= 11 is 0. The molecule has 0 spiro atoms. The van der Waals surface area contributed by atoms with E-state index in [0.717, 1.165) is 47.2 Å². The second-order valence-corrected chi connectivity index (χ2v) is 7.46. The second-order valence-electron chi connectivity index (χ2n) is 7.46. The lowest BCUT2D eigenvalue weighted by molar-refractivity contribution is -0.114. The molecule has 0 aliphatic carbocycles. The number of ether oxygens (including phenoxy) is 2. The molecule has 0 radical (unpaired) electrons. The molecule has 0 bridgehead atoms. The summed E-state index contributed by atoms with van der Waals surface area (Å²) in [5, 5.41) is 2.84. The molecule has 0 atom stereocenters. The van der Waals surface area contributed by atoms with Crippen molar-refractivity contribution in [2.24, 2.45) is 0 Å². The van der Waals surface area contributed by atoms with Gasteiger partial charge in [0.15, 0.2) is 0 Å². The molecule has 3 aromatic rings. The number of methoxy groups -OCH3 is 2. The van der Waals surface area contributed by atoms with Gasteiger partial charge >= 0.3 is 0 Å². The quantitative estimate of drug-likeness (QED) is 0.631. The normalized spacial score (nSPS) is 13.9. The fraction of sp³-hybridized carbons (Fsp3) is 0.240. The van der Waals surface area contributed by atoms with Gasteiger partial charge in [0.25, 0.3) is 0 Å². The molecule has 1 saturated heterocycles. The van der Waals surface area contributed by atoms with Crippen LogP contribution in [0.5, 0.6) is 11.5 Å². The molecule has 1 fully saturated rings. The summed E-state index contributed by atoms with van der Waals surface area (Å²) in [4.78, 5) is 16.2. The molecular weight excluding hydrogens is 390 g/mol. The minimum absolute atomic E-state index is 0.0215. The maximum Gasteiger partial charge on any atom is 0.221 e. The van der Waals surface area contributed by atoms with E-state index in [1.165, 1.54) is 6.92 Å². The maximum absolute atomic E-state index is 11.4. The summed E-state index contributed by atoms with van der Waals surface area (Å²) in [6, 6.07) is 24.4. The highest BCUT2D eigenvalue weighted by Crippen LogP contribution is 2.39. The van der Waals surface area contributed by atoms with Gasteiger partial charge < -0.3 is 24.6 Å². The third-order valence-corrected chi connectivity index (χ3v) is 5.51. The first-order valence-corrected chi connectivity index (χ1v) is 10.3. The first-order valence-electron chi connectivity index (χ1n) is 10.3. The Labute approximate surface area is 183 Å². The van der Waals surface area contributed by atoms with Gasteiger partial charge in [0.1, 0.15) is 17.7 Å². The van der Waals surface area contributed by atoms with Crippen LogP contribution in [0, 0.1) is 0 Å². The summed E-state index contributed by atoms with van der Waals surface area (Å²) in [6.07, 6.45) is 0.0215. The minimum Gasteiger partial charge on any atom is -0.497 e. The fourth-order valence-corrected chi connectivity index (χ4v) is 4.02. The van der Waals surface area contributed by atoms with Gasteiger partial charge in [-0.2, -0.15) is 0 Å². The topological polar surface area (TPSA) is 54.0 Å². The summed E-state index contributed by atoms with van der Waals surface area (Å²) in [5.41, 5.74) is 4.21. The zero-order valence-electron chi connectivity index (χ0n) is 18.0. The number of carbonyl (C=O) groups excluding carboxylic acids is 1. The van der Waals surface area contributed by atoms with Crippen molar-refractivity contribution in [3.8, 4) is 11.5 Å². The minimum atomic E-state index is -0.0756. The Morgan fingerprint density at radius 2 is 1.23 bits per heavy atom. The highest BCUT2D eigenvalue weighted by atomic mass is 16.5. The molecule has 1 amide bonds. The Bertz CT molecular complexity index is 962. The van der Waals surface area contributed by atoms with Crippen molar-refractivity contribution < 1.29 is 14.3 Å². The van der Waals surface area contributed by atoms with Gasteiger partial charge in [0.2, 0.25) is 5.91 Å². The van der Waals surface area contributed by atoms with Crippen LogP contribution in [0.1, 0.15) is 18.7 Å². The van der Waals surface area contributed by atoms with E-state index in [9.17, 15) is 4.79 Å².